The van der Waals surface area contributed by atoms with Crippen LogP contribution in [0, 0.1) is 15.5 Å². The summed E-state index contributed by atoms with van der Waals surface area (Å²) in [6.07, 6.45) is 0.626. The maximum absolute atomic E-state index is 11.4. The van der Waals surface area contributed by atoms with Gasteiger partial charge in [0, 0.05) is 19.2 Å². The predicted molar refractivity (Wildman–Crippen MR) is 69.4 cm³/mol. The Morgan fingerprint density at radius 2 is 2.26 bits per heavy atom. The van der Waals surface area contributed by atoms with E-state index in [-0.39, 0.29) is 17.4 Å². The first-order valence-electron chi connectivity index (χ1n) is 5.79. The van der Waals surface area contributed by atoms with Crippen molar-refractivity contribution in [2.45, 2.75) is 13.3 Å². The summed E-state index contributed by atoms with van der Waals surface area (Å²) >= 11 is 0. The molecule has 1 aliphatic heterocycles. The number of amides is 1. The zero-order valence-corrected chi connectivity index (χ0v) is 10.5. The summed E-state index contributed by atoms with van der Waals surface area (Å²) in [4.78, 5) is 27.3. The minimum absolute atomic E-state index is 0.129. The fourth-order valence-corrected chi connectivity index (χ4v) is 2.15. The van der Waals surface area contributed by atoms with Crippen molar-refractivity contribution in [3.05, 3.63) is 22.2 Å². The van der Waals surface area contributed by atoms with Crippen LogP contribution >= 0.6 is 0 Å². The number of nitro groups is 1. The van der Waals surface area contributed by atoms with Gasteiger partial charge >= 0.3 is 5.69 Å². The first-order chi connectivity index (χ1) is 8.83. The Hall–Kier alpha value is -2.38. The molecule has 0 aliphatic carbocycles. The molecule has 0 saturated carbocycles. The molecule has 1 unspecified atom stereocenters. The van der Waals surface area contributed by atoms with Crippen LogP contribution in [0.1, 0.15) is 13.3 Å². The first kappa shape index (κ1) is 13.1. The van der Waals surface area contributed by atoms with Gasteiger partial charge in [0.05, 0.1) is 10.3 Å². The van der Waals surface area contributed by atoms with Crippen LogP contribution in [0.3, 0.4) is 0 Å². The van der Waals surface area contributed by atoms with Gasteiger partial charge in [-0.25, -0.2) is 4.98 Å². The lowest BCUT2D eigenvalue weighted by atomic mass is 9.89. The topological polar surface area (TPSA) is 128 Å². The van der Waals surface area contributed by atoms with Crippen LogP contribution in [0.2, 0.25) is 0 Å². The summed E-state index contributed by atoms with van der Waals surface area (Å²) in [7, 11) is 0. The van der Waals surface area contributed by atoms with Gasteiger partial charge in [-0.2, -0.15) is 0 Å². The summed E-state index contributed by atoms with van der Waals surface area (Å²) in [5, 5.41) is 10.7. The average Bonchev–Trinajstić information content (AvgIpc) is 2.73. The number of rotatable bonds is 3. The van der Waals surface area contributed by atoms with Gasteiger partial charge in [-0.05, 0) is 19.4 Å². The molecule has 19 heavy (non-hydrogen) atoms. The molecule has 1 aromatic rings. The van der Waals surface area contributed by atoms with Crippen molar-refractivity contribution in [3.63, 3.8) is 0 Å². The smallest absolute Gasteiger partial charge is 0.311 e. The molecule has 0 bridgehead atoms. The van der Waals surface area contributed by atoms with E-state index in [1.165, 1.54) is 12.1 Å². The highest BCUT2D eigenvalue weighted by Crippen LogP contribution is 2.33. The number of hydrogen-bond donors (Lipinski definition) is 2. The molecular formula is C11H15N5O3. The number of pyridine rings is 1. The number of nitrogens with zero attached hydrogens (tertiary/aromatic N) is 3. The minimum atomic E-state index is -0.599. The van der Waals surface area contributed by atoms with Crippen LogP contribution in [0.25, 0.3) is 0 Å². The fourth-order valence-electron chi connectivity index (χ4n) is 2.15. The number of aromatic nitrogens is 1. The normalized spacial score (nSPS) is 22.5. The van der Waals surface area contributed by atoms with Gasteiger partial charge in [-0.3, -0.25) is 14.9 Å². The van der Waals surface area contributed by atoms with Crippen molar-refractivity contribution in [2.75, 3.05) is 23.7 Å². The Morgan fingerprint density at radius 1 is 1.58 bits per heavy atom. The molecular weight excluding hydrogens is 250 g/mol. The third-order valence-corrected chi connectivity index (χ3v) is 3.48. The first-order valence-corrected chi connectivity index (χ1v) is 5.79. The molecule has 2 rings (SSSR count). The Labute approximate surface area is 109 Å². The maximum Gasteiger partial charge on any atom is 0.311 e. The minimum Gasteiger partial charge on any atom is -0.378 e. The van der Waals surface area contributed by atoms with Gasteiger partial charge in [-0.15, -0.1) is 0 Å². The summed E-state index contributed by atoms with van der Waals surface area (Å²) in [5.74, 6) is 0.0353. The van der Waals surface area contributed by atoms with E-state index in [0.717, 1.165) is 0 Å². The van der Waals surface area contributed by atoms with Gasteiger partial charge < -0.3 is 16.4 Å². The molecule has 1 atom stereocenters. The average molecular weight is 265 g/mol. The number of carbonyl (C=O) groups excluding carboxylic acids is 1. The highest BCUT2D eigenvalue weighted by atomic mass is 16.6. The number of hydrogen-bond acceptors (Lipinski definition) is 6. The number of carbonyl (C=O) groups is 1. The third kappa shape index (κ3) is 2.28. The molecule has 0 radical (unpaired) electrons. The SMILES string of the molecule is CC1(C(N)=O)CCN(c2ccc([N+](=O)[O-])c(N)n2)C1. The number of anilines is 2. The zero-order valence-electron chi connectivity index (χ0n) is 10.5. The lowest BCUT2D eigenvalue weighted by Crippen LogP contribution is -2.37. The molecule has 2 heterocycles. The van der Waals surface area contributed by atoms with E-state index in [0.29, 0.717) is 25.3 Å². The summed E-state index contributed by atoms with van der Waals surface area (Å²) in [6.45, 7) is 2.85. The second-order valence-electron chi connectivity index (χ2n) is 4.93. The monoisotopic (exact) mass is 265 g/mol. The van der Waals surface area contributed by atoms with Gasteiger partial charge in [0.1, 0.15) is 5.82 Å². The number of nitrogen functional groups attached to an aromatic ring is 1. The molecule has 1 amide bonds. The molecule has 102 valence electrons. The highest BCUT2D eigenvalue weighted by Gasteiger charge is 2.39. The lowest BCUT2D eigenvalue weighted by Gasteiger charge is -2.21. The Kier molecular flexibility index (Phi) is 3.01. The molecule has 4 N–H and O–H groups in total. The van der Waals surface area contributed by atoms with E-state index < -0.39 is 10.3 Å². The fraction of sp³-hybridized carbons (Fsp3) is 0.455. The van der Waals surface area contributed by atoms with Crippen LogP contribution in [0.15, 0.2) is 12.1 Å². The van der Waals surface area contributed by atoms with Gasteiger partial charge in [0.15, 0.2) is 0 Å². The number of primary amides is 1. The van der Waals surface area contributed by atoms with Crippen LogP contribution in [-0.4, -0.2) is 28.9 Å². The molecule has 1 aliphatic rings. The predicted octanol–water partition coefficient (Wildman–Crippen LogP) is 0.274. The lowest BCUT2D eigenvalue weighted by molar-refractivity contribution is -0.384. The van der Waals surface area contributed by atoms with Crippen molar-refractivity contribution in [1.29, 1.82) is 0 Å². The van der Waals surface area contributed by atoms with E-state index in [1.54, 1.807) is 6.92 Å². The summed E-state index contributed by atoms with van der Waals surface area (Å²) in [5.41, 5.74) is 10.1. The van der Waals surface area contributed by atoms with E-state index in [1.807, 2.05) is 4.90 Å². The van der Waals surface area contributed by atoms with Crippen molar-refractivity contribution < 1.29 is 9.72 Å². The second-order valence-corrected chi connectivity index (χ2v) is 4.93. The van der Waals surface area contributed by atoms with Crippen LogP contribution < -0.4 is 16.4 Å². The molecule has 0 aromatic carbocycles. The van der Waals surface area contributed by atoms with Gasteiger partial charge in [0.25, 0.3) is 0 Å². The molecule has 1 aromatic heterocycles. The number of nitrogens with two attached hydrogens (primary N) is 2. The maximum atomic E-state index is 11.4. The Morgan fingerprint density at radius 3 is 2.74 bits per heavy atom. The van der Waals surface area contributed by atoms with Crippen molar-refractivity contribution >= 4 is 23.2 Å². The van der Waals surface area contributed by atoms with E-state index in [4.69, 9.17) is 11.5 Å². The molecule has 1 saturated heterocycles. The third-order valence-electron chi connectivity index (χ3n) is 3.48. The zero-order chi connectivity index (χ0) is 14.2. The van der Waals surface area contributed by atoms with Crippen LogP contribution in [0.4, 0.5) is 17.3 Å². The molecule has 8 nitrogen and oxygen atoms in total. The highest BCUT2D eigenvalue weighted by molar-refractivity contribution is 5.82. The largest absolute Gasteiger partial charge is 0.378 e. The molecule has 8 heteroatoms. The quantitative estimate of drug-likeness (QED) is 0.596. The van der Waals surface area contributed by atoms with Gasteiger partial charge in [-0.1, -0.05) is 0 Å². The summed E-state index contributed by atoms with van der Waals surface area (Å²) in [6, 6.07) is 2.85. The second kappa shape index (κ2) is 4.38. The summed E-state index contributed by atoms with van der Waals surface area (Å²) < 4.78 is 0. The van der Waals surface area contributed by atoms with E-state index in [2.05, 4.69) is 4.98 Å². The van der Waals surface area contributed by atoms with Crippen molar-refractivity contribution in [3.8, 4) is 0 Å². The Bertz CT molecular complexity index is 547. The standard InChI is InChI=1S/C11H15N5O3/c1-11(10(13)17)4-5-15(6-11)8-3-2-7(16(18)19)9(12)14-8/h2-3H,4-6H2,1H3,(H2,12,14)(H2,13,17). The van der Waals surface area contributed by atoms with Crippen LogP contribution in [0.5, 0.6) is 0 Å². The van der Waals surface area contributed by atoms with E-state index in [9.17, 15) is 14.9 Å². The van der Waals surface area contributed by atoms with Crippen molar-refractivity contribution in [1.82, 2.24) is 4.98 Å². The molecule has 0 spiro atoms. The molecule has 1 fully saturated rings. The van der Waals surface area contributed by atoms with E-state index >= 15 is 0 Å². The van der Waals surface area contributed by atoms with Crippen molar-refractivity contribution in [2.24, 2.45) is 11.1 Å². The van der Waals surface area contributed by atoms with Crippen LogP contribution in [-0.2, 0) is 4.79 Å². The Balaban J connectivity index is 2.23. The van der Waals surface area contributed by atoms with Gasteiger partial charge in [0.2, 0.25) is 11.7 Å².